The van der Waals surface area contributed by atoms with Gasteiger partial charge in [-0.3, -0.25) is 9.69 Å². The van der Waals surface area contributed by atoms with Crippen molar-refractivity contribution in [3.8, 4) is 11.3 Å². The number of rotatable bonds is 5. The minimum Gasteiger partial charge on any atom is -0.336 e. The molecule has 5 heteroatoms. The van der Waals surface area contributed by atoms with Crippen LogP contribution < -0.4 is 0 Å². The summed E-state index contributed by atoms with van der Waals surface area (Å²) < 4.78 is 0. The Morgan fingerprint density at radius 1 is 0.775 bits per heavy atom. The molecular formula is C35H32ClN3O. The van der Waals surface area contributed by atoms with Crippen LogP contribution in [0.25, 0.3) is 22.2 Å². The van der Waals surface area contributed by atoms with E-state index in [-0.39, 0.29) is 11.9 Å². The number of carbonyl (C=O) groups excluding carboxylic acids is 1. The summed E-state index contributed by atoms with van der Waals surface area (Å²) in [5.74, 6) is 0.0244. The molecule has 1 amide bonds. The number of amides is 1. The van der Waals surface area contributed by atoms with E-state index < -0.39 is 0 Å². The molecule has 2 heterocycles. The number of piperazine rings is 1. The molecule has 4 aromatic carbocycles. The number of aryl methyl sites for hydroxylation is 2. The second kappa shape index (κ2) is 11.2. The van der Waals surface area contributed by atoms with Crippen molar-refractivity contribution in [2.75, 3.05) is 26.2 Å². The Labute approximate surface area is 240 Å². The van der Waals surface area contributed by atoms with Gasteiger partial charge < -0.3 is 4.90 Å². The lowest BCUT2D eigenvalue weighted by Gasteiger charge is -2.40. The Balaban J connectivity index is 1.31. The van der Waals surface area contributed by atoms with E-state index in [0.29, 0.717) is 23.7 Å². The summed E-state index contributed by atoms with van der Waals surface area (Å²) in [7, 11) is 0. The SMILES string of the molecule is Cc1ccc(-c2cc(C(=O)N3CCN(C(c4ccccc4)c4ccccc4)CC3)c3cc(Cl)ccc3n2)c(C)c1. The van der Waals surface area contributed by atoms with E-state index in [1.807, 2.05) is 29.2 Å². The Morgan fingerprint density at radius 2 is 1.43 bits per heavy atom. The maximum absolute atomic E-state index is 14.1. The van der Waals surface area contributed by atoms with Crippen molar-refractivity contribution in [2.45, 2.75) is 19.9 Å². The monoisotopic (exact) mass is 545 g/mol. The van der Waals surface area contributed by atoms with E-state index in [0.717, 1.165) is 40.8 Å². The van der Waals surface area contributed by atoms with Crippen molar-refractivity contribution in [2.24, 2.45) is 0 Å². The summed E-state index contributed by atoms with van der Waals surface area (Å²) in [6.45, 7) is 7.05. The molecule has 1 aliphatic rings. The molecule has 0 spiro atoms. The van der Waals surface area contributed by atoms with Gasteiger partial charge in [0.2, 0.25) is 0 Å². The molecule has 1 aromatic heterocycles. The number of hydrogen-bond acceptors (Lipinski definition) is 3. The Morgan fingerprint density at radius 3 is 2.05 bits per heavy atom. The molecule has 0 atom stereocenters. The van der Waals surface area contributed by atoms with Gasteiger partial charge in [0.05, 0.1) is 22.8 Å². The van der Waals surface area contributed by atoms with Crippen molar-refractivity contribution < 1.29 is 4.79 Å². The van der Waals surface area contributed by atoms with Crippen LogP contribution in [0.2, 0.25) is 5.02 Å². The predicted octanol–water partition coefficient (Wildman–Crippen LogP) is 7.72. The largest absolute Gasteiger partial charge is 0.336 e. The molecule has 1 fully saturated rings. The van der Waals surface area contributed by atoms with Crippen LogP contribution in [0.4, 0.5) is 0 Å². The fourth-order valence-corrected chi connectivity index (χ4v) is 6.02. The molecule has 1 aliphatic heterocycles. The molecule has 0 aliphatic carbocycles. The third kappa shape index (κ3) is 5.25. The van der Waals surface area contributed by atoms with Gasteiger partial charge in [0.1, 0.15) is 0 Å². The number of aromatic nitrogens is 1. The van der Waals surface area contributed by atoms with Crippen molar-refractivity contribution in [1.82, 2.24) is 14.8 Å². The molecule has 4 nitrogen and oxygen atoms in total. The molecular weight excluding hydrogens is 514 g/mol. The summed E-state index contributed by atoms with van der Waals surface area (Å²) in [5, 5.41) is 1.39. The minimum atomic E-state index is 0.0244. The molecule has 0 radical (unpaired) electrons. The number of halogens is 1. The fraction of sp³-hybridized carbons (Fsp3) is 0.200. The lowest BCUT2D eigenvalue weighted by atomic mass is 9.96. The Kier molecular flexibility index (Phi) is 7.38. The van der Waals surface area contributed by atoms with Crippen molar-refractivity contribution in [3.05, 3.63) is 136 Å². The van der Waals surface area contributed by atoms with Gasteiger partial charge in [-0.1, -0.05) is 96.0 Å². The third-order valence-electron chi connectivity index (χ3n) is 7.86. The molecule has 0 saturated carbocycles. The topological polar surface area (TPSA) is 36.4 Å². The smallest absolute Gasteiger partial charge is 0.254 e. The molecule has 0 N–H and O–H groups in total. The first kappa shape index (κ1) is 26.2. The summed E-state index contributed by atoms with van der Waals surface area (Å²) in [6.07, 6.45) is 0. The van der Waals surface area contributed by atoms with Gasteiger partial charge in [0.15, 0.2) is 0 Å². The second-order valence-corrected chi connectivity index (χ2v) is 11.0. The van der Waals surface area contributed by atoms with Gasteiger partial charge in [-0.05, 0) is 54.8 Å². The molecule has 1 saturated heterocycles. The molecule has 0 bridgehead atoms. The van der Waals surface area contributed by atoms with Crippen LogP contribution in [-0.4, -0.2) is 46.9 Å². The summed E-state index contributed by atoms with van der Waals surface area (Å²) >= 11 is 6.39. The van der Waals surface area contributed by atoms with Gasteiger partial charge in [0.25, 0.3) is 5.91 Å². The average molecular weight is 546 g/mol. The number of carbonyl (C=O) groups is 1. The zero-order valence-electron chi connectivity index (χ0n) is 22.8. The highest BCUT2D eigenvalue weighted by molar-refractivity contribution is 6.31. The first-order valence-electron chi connectivity index (χ1n) is 13.8. The molecule has 5 aromatic rings. The van der Waals surface area contributed by atoms with E-state index in [9.17, 15) is 4.79 Å². The van der Waals surface area contributed by atoms with Crippen LogP contribution in [0.15, 0.2) is 103 Å². The maximum atomic E-state index is 14.1. The van der Waals surface area contributed by atoms with Crippen LogP contribution in [0.3, 0.4) is 0 Å². The first-order valence-corrected chi connectivity index (χ1v) is 14.2. The van der Waals surface area contributed by atoms with E-state index in [1.165, 1.54) is 16.7 Å². The van der Waals surface area contributed by atoms with Gasteiger partial charge in [-0.15, -0.1) is 0 Å². The van der Waals surface area contributed by atoms with E-state index in [2.05, 4.69) is 97.6 Å². The van der Waals surface area contributed by atoms with Gasteiger partial charge in [-0.2, -0.15) is 0 Å². The quantitative estimate of drug-likeness (QED) is 0.227. The van der Waals surface area contributed by atoms with Crippen LogP contribution in [0.5, 0.6) is 0 Å². The summed E-state index contributed by atoms with van der Waals surface area (Å²) in [5.41, 5.74) is 8.14. The van der Waals surface area contributed by atoms with Gasteiger partial charge >= 0.3 is 0 Å². The van der Waals surface area contributed by atoms with Crippen LogP contribution >= 0.6 is 11.6 Å². The van der Waals surface area contributed by atoms with Crippen molar-refractivity contribution in [1.29, 1.82) is 0 Å². The summed E-state index contributed by atoms with van der Waals surface area (Å²) in [4.78, 5) is 23.5. The Hall–Kier alpha value is -3.99. The normalized spacial score (nSPS) is 14.2. The first-order chi connectivity index (χ1) is 19.5. The molecule has 200 valence electrons. The zero-order valence-corrected chi connectivity index (χ0v) is 23.6. The zero-order chi connectivity index (χ0) is 27.6. The second-order valence-electron chi connectivity index (χ2n) is 10.6. The minimum absolute atomic E-state index is 0.0244. The average Bonchev–Trinajstić information content (AvgIpc) is 2.98. The number of nitrogens with zero attached hydrogens (tertiary/aromatic N) is 3. The predicted molar refractivity (Wildman–Crippen MR) is 164 cm³/mol. The number of pyridine rings is 1. The number of benzene rings is 4. The number of hydrogen-bond donors (Lipinski definition) is 0. The van der Waals surface area contributed by atoms with Crippen molar-refractivity contribution in [3.63, 3.8) is 0 Å². The van der Waals surface area contributed by atoms with Crippen LogP contribution in [-0.2, 0) is 0 Å². The van der Waals surface area contributed by atoms with E-state index in [4.69, 9.17) is 16.6 Å². The van der Waals surface area contributed by atoms with E-state index in [1.54, 1.807) is 0 Å². The highest BCUT2D eigenvalue weighted by Crippen LogP contribution is 2.32. The van der Waals surface area contributed by atoms with Crippen LogP contribution in [0.1, 0.15) is 38.7 Å². The molecule has 40 heavy (non-hydrogen) atoms. The van der Waals surface area contributed by atoms with Crippen molar-refractivity contribution >= 4 is 28.4 Å². The maximum Gasteiger partial charge on any atom is 0.254 e. The third-order valence-corrected chi connectivity index (χ3v) is 8.09. The highest BCUT2D eigenvalue weighted by Gasteiger charge is 2.29. The lowest BCUT2D eigenvalue weighted by Crippen LogP contribution is -2.49. The number of fused-ring (bicyclic) bond motifs is 1. The fourth-order valence-electron chi connectivity index (χ4n) is 5.85. The van der Waals surface area contributed by atoms with Gasteiger partial charge in [-0.25, -0.2) is 4.98 Å². The highest BCUT2D eigenvalue weighted by atomic mass is 35.5. The van der Waals surface area contributed by atoms with Gasteiger partial charge in [0, 0.05) is 42.2 Å². The van der Waals surface area contributed by atoms with Crippen LogP contribution in [0, 0.1) is 13.8 Å². The molecule has 6 rings (SSSR count). The summed E-state index contributed by atoms with van der Waals surface area (Å²) in [6, 6.07) is 35.3. The van der Waals surface area contributed by atoms with E-state index >= 15 is 0 Å². The molecule has 0 unspecified atom stereocenters. The Bertz CT molecular complexity index is 1620. The lowest BCUT2D eigenvalue weighted by molar-refractivity contribution is 0.0599. The standard InChI is InChI=1S/C35H32ClN3O/c1-24-13-15-29(25(2)21-24)33-23-31(30-22-28(36)14-16-32(30)37-33)35(40)39-19-17-38(18-20-39)34(26-9-5-3-6-10-26)27-11-7-4-8-12-27/h3-16,21-23,34H,17-20H2,1-2H3.